The number of carbonyl (C=O) groups excluding carboxylic acids is 1. The highest BCUT2D eigenvalue weighted by atomic mass is 35.5. The Morgan fingerprint density at radius 2 is 2.24 bits per heavy atom. The number of hydrogen-bond acceptors (Lipinski definition) is 6. The molecule has 5 N–H and O–H groups in total. The van der Waals surface area contributed by atoms with Crippen molar-refractivity contribution >= 4 is 29.7 Å². The Labute approximate surface area is 127 Å². The Morgan fingerprint density at radius 3 is 2.81 bits per heavy atom. The monoisotopic (exact) mass is 316 g/mol. The Hall–Kier alpha value is -1.90. The quantitative estimate of drug-likeness (QED) is 0.349. The van der Waals surface area contributed by atoms with Crippen molar-refractivity contribution in [3.63, 3.8) is 0 Å². The van der Waals surface area contributed by atoms with E-state index in [9.17, 15) is 20.0 Å². The van der Waals surface area contributed by atoms with Crippen LogP contribution >= 0.6 is 12.4 Å². The average molecular weight is 317 g/mol. The van der Waals surface area contributed by atoms with E-state index in [1.165, 1.54) is 12.1 Å². The van der Waals surface area contributed by atoms with E-state index in [1.54, 1.807) is 0 Å². The van der Waals surface area contributed by atoms with Crippen LogP contribution in [0, 0.1) is 16.0 Å². The lowest BCUT2D eigenvalue weighted by Crippen LogP contribution is -2.34. The summed E-state index contributed by atoms with van der Waals surface area (Å²) >= 11 is 0. The van der Waals surface area contributed by atoms with Crippen LogP contribution < -0.4 is 16.4 Å². The van der Waals surface area contributed by atoms with Gasteiger partial charge in [-0.2, -0.15) is 0 Å². The number of nitro groups is 1. The molecule has 8 nitrogen and oxygen atoms in total. The molecule has 9 heteroatoms. The minimum absolute atomic E-state index is 0. The number of β-amino-alcohol motifs (C(OH)–C–C–N with tert-alkyl or cyclic N) is 1. The van der Waals surface area contributed by atoms with Gasteiger partial charge in [-0.3, -0.25) is 14.9 Å². The van der Waals surface area contributed by atoms with E-state index in [4.69, 9.17) is 5.73 Å². The molecule has 0 radical (unpaired) electrons. The van der Waals surface area contributed by atoms with Gasteiger partial charge in [-0.25, -0.2) is 0 Å². The Kier molecular flexibility index (Phi) is 5.89. The second kappa shape index (κ2) is 7.21. The van der Waals surface area contributed by atoms with Crippen molar-refractivity contribution < 1.29 is 14.8 Å². The molecule has 1 fully saturated rings. The number of aliphatic hydroxyl groups is 1. The molecule has 116 valence electrons. The first kappa shape index (κ1) is 17.2. The first-order valence-corrected chi connectivity index (χ1v) is 6.20. The van der Waals surface area contributed by atoms with E-state index in [0.29, 0.717) is 13.1 Å². The van der Waals surface area contributed by atoms with Crippen molar-refractivity contribution in [1.82, 2.24) is 10.6 Å². The van der Waals surface area contributed by atoms with Gasteiger partial charge in [0.2, 0.25) is 0 Å². The number of anilines is 1. The fraction of sp³-hybridized carbons (Fsp3) is 0.417. The molecule has 2 rings (SSSR count). The predicted octanol–water partition coefficient (Wildman–Crippen LogP) is -0.0911. The zero-order valence-electron chi connectivity index (χ0n) is 11.1. The molecule has 0 aromatic heterocycles. The third kappa shape index (κ3) is 4.03. The number of nitrogens with one attached hydrogen (secondary N) is 2. The fourth-order valence-corrected chi connectivity index (χ4v) is 2.10. The molecule has 1 aliphatic rings. The number of aliphatic hydroxyl groups excluding tert-OH is 1. The lowest BCUT2D eigenvalue weighted by Gasteiger charge is -2.14. The van der Waals surface area contributed by atoms with E-state index in [2.05, 4.69) is 10.6 Å². The summed E-state index contributed by atoms with van der Waals surface area (Å²) in [7, 11) is 0. The van der Waals surface area contributed by atoms with E-state index >= 15 is 0 Å². The number of nitrogen functional groups attached to an aromatic ring is 1. The zero-order chi connectivity index (χ0) is 14.7. The van der Waals surface area contributed by atoms with E-state index < -0.39 is 16.9 Å². The first-order chi connectivity index (χ1) is 9.49. The topological polar surface area (TPSA) is 131 Å². The number of nitro benzene ring substituents is 1. The van der Waals surface area contributed by atoms with E-state index in [1.807, 2.05) is 0 Å². The van der Waals surface area contributed by atoms with Crippen LogP contribution in [-0.4, -0.2) is 41.7 Å². The summed E-state index contributed by atoms with van der Waals surface area (Å²) in [6.07, 6.45) is -0.502. The molecule has 1 aromatic carbocycles. The van der Waals surface area contributed by atoms with E-state index in [-0.39, 0.29) is 41.8 Å². The van der Waals surface area contributed by atoms with E-state index in [0.717, 1.165) is 6.07 Å². The highest BCUT2D eigenvalue weighted by Gasteiger charge is 2.25. The number of hydrogen-bond donors (Lipinski definition) is 4. The Bertz CT molecular complexity index is 540. The molecular formula is C12H17ClN4O4. The maximum absolute atomic E-state index is 12.0. The van der Waals surface area contributed by atoms with Crippen LogP contribution in [0.3, 0.4) is 0 Å². The number of halogens is 1. The van der Waals surface area contributed by atoms with Crippen molar-refractivity contribution in [2.75, 3.05) is 25.4 Å². The van der Waals surface area contributed by atoms with Gasteiger partial charge in [0, 0.05) is 43.4 Å². The molecule has 0 aliphatic carbocycles. The average Bonchev–Trinajstić information content (AvgIpc) is 2.81. The van der Waals surface area contributed by atoms with Gasteiger partial charge in [0.05, 0.1) is 16.6 Å². The number of nitrogens with zero attached hydrogens (tertiary/aromatic N) is 1. The molecule has 2 unspecified atom stereocenters. The Balaban J connectivity index is 0.00000220. The highest BCUT2D eigenvalue weighted by molar-refractivity contribution is 5.99. The summed E-state index contributed by atoms with van der Waals surface area (Å²) in [4.78, 5) is 22.1. The lowest BCUT2D eigenvalue weighted by atomic mass is 10.1. The van der Waals surface area contributed by atoms with Crippen LogP contribution in [0.5, 0.6) is 0 Å². The van der Waals surface area contributed by atoms with Crippen molar-refractivity contribution in [3.05, 3.63) is 33.9 Å². The van der Waals surface area contributed by atoms with Gasteiger partial charge >= 0.3 is 0 Å². The second-order valence-electron chi connectivity index (χ2n) is 4.72. The largest absolute Gasteiger partial charge is 0.398 e. The standard InChI is InChI=1S/C12H16N4O4.ClH/c13-10-2-1-8(16(19)20)3-9(10)12(18)15-5-7-4-14-6-11(7)17;/h1-3,7,11,14,17H,4-6,13H2,(H,15,18);1H. The first-order valence-electron chi connectivity index (χ1n) is 6.20. The number of carbonyl (C=O) groups is 1. The second-order valence-corrected chi connectivity index (χ2v) is 4.72. The summed E-state index contributed by atoms with van der Waals surface area (Å²) in [6.45, 7) is 1.40. The van der Waals surface area contributed by atoms with Crippen LogP contribution in [0.2, 0.25) is 0 Å². The fourth-order valence-electron chi connectivity index (χ4n) is 2.10. The summed E-state index contributed by atoms with van der Waals surface area (Å²) in [6, 6.07) is 3.73. The van der Waals surface area contributed by atoms with Crippen molar-refractivity contribution in [2.24, 2.45) is 5.92 Å². The lowest BCUT2D eigenvalue weighted by molar-refractivity contribution is -0.384. The molecule has 1 aromatic rings. The minimum atomic E-state index is -0.582. The third-order valence-electron chi connectivity index (χ3n) is 3.32. The van der Waals surface area contributed by atoms with Crippen molar-refractivity contribution in [3.8, 4) is 0 Å². The highest BCUT2D eigenvalue weighted by Crippen LogP contribution is 2.19. The number of amides is 1. The van der Waals surface area contributed by atoms with Crippen LogP contribution in [0.25, 0.3) is 0 Å². The van der Waals surface area contributed by atoms with Crippen LogP contribution in [0.15, 0.2) is 18.2 Å². The van der Waals surface area contributed by atoms with Gasteiger partial charge < -0.3 is 21.5 Å². The Morgan fingerprint density at radius 1 is 1.52 bits per heavy atom. The number of rotatable bonds is 4. The minimum Gasteiger partial charge on any atom is -0.398 e. The summed E-state index contributed by atoms with van der Waals surface area (Å²) in [5.74, 6) is -0.552. The van der Waals surface area contributed by atoms with Gasteiger partial charge in [-0.05, 0) is 6.07 Å². The SMILES string of the molecule is Cl.Nc1ccc([N+](=O)[O-])cc1C(=O)NCC1CNCC1O. The molecule has 0 spiro atoms. The molecule has 1 saturated heterocycles. The molecule has 0 saturated carbocycles. The van der Waals surface area contributed by atoms with Crippen molar-refractivity contribution in [1.29, 1.82) is 0 Å². The zero-order valence-corrected chi connectivity index (χ0v) is 11.9. The van der Waals surface area contributed by atoms with Crippen LogP contribution in [0.4, 0.5) is 11.4 Å². The molecule has 0 bridgehead atoms. The molecule has 21 heavy (non-hydrogen) atoms. The summed E-state index contributed by atoms with van der Waals surface area (Å²) in [5.41, 5.74) is 5.72. The maximum atomic E-state index is 12.0. The predicted molar refractivity (Wildman–Crippen MR) is 79.5 cm³/mol. The summed E-state index contributed by atoms with van der Waals surface area (Å²) in [5, 5.41) is 25.9. The van der Waals surface area contributed by atoms with Gasteiger partial charge in [0.25, 0.3) is 11.6 Å². The molecule has 1 aliphatic heterocycles. The molecular weight excluding hydrogens is 300 g/mol. The number of non-ortho nitro benzene ring substituents is 1. The molecule has 2 atom stereocenters. The third-order valence-corrected chi connectivity index (χ3v) is 3.32. The van der Waals surface area contributed by atoms with Gasteiger partial charge in [0.15, 0.2) is 0 Å². The smallest absolute Gasteiger partial charge is 0.270 e. The van der Waals surface area contributed by atoms with Gasteiger partial charge in [0.1, 0.15) is 0 Å². The summed E-state index contributed by atoms with van der Waals surface area (Å²) < 4.78 is 0. The molecule has 1 amide bonds. The molecule has 1 heterocycles. The maximum Gasteiger partial charge on any atom is 0.270 e. The van der Waals surface area contributed by atoms with Gasteiger partial charge in [-0.15, -0.1) is 12.4 Å². The van der Waals surface area contributed by atoms with Gasteiger partial charge in [-0.1, -0.05) is 0 Å². The van der Waals surface area contributed by atoms with Crippen LogP contribution in [-0.2, 0) is 0 Å². The number of benzene rings is 1. The normalized spacial score (nSPS) is 20.6. The van der Waals surface area contributed by atoms with Crippen LogP contribution in [0.1, 0.15) is 10.4 Å². The van der Waals surface area contributed by atoms with Crippen molar-refractivity contribution in [2.45, 2.75) is 6.10 Å². The number of nitrogens with two attached hydrogens (primary N) is 1.